The molecule has 4 rings (SSSR count). The molecule has 1 saturated heterocycles. The van der Waals surface area contributed by atoms with Gasteiger partial charge in [-0.05, 0) is 37.0 Å². The molecule has 0 spiro atoms. The van der Waals surface area contributed by atoms with Crippen LogP contribution in [0.4, 0.5) is 10.5 Å². The first-order chi connectivity index (χ1) is 12.1. The second kappa shape index (κ2) is 5.87. The minimum Gasteiger partial charge on any atom is -0.481 e. The van der Waals surface area contributed by atoms with E-state index < -0.39 is 11.4 Å². The van der Waals surface area contributed by atoms with Crippen molar-refractivity contribution in [3.8, 4) is 5.69 Å². The minimum atomic E-state index is -0.779. The van der Waals surface area contributed by atoms with E-state index in [0.29, 0.717) is 18.7 Å². The fraction of sp³-hybridized carbons (Fsp3) is 0.412. The molecule has 2 aromatic rings. The highest BCUT2D eigenvalue weighted by Gasteiger charge is 2.55. The number of likely N-dealkylation sites (tertiary alicyclic amines) is 1. The van der Waals surface area contributed by atoms with Gasteiger partial charge in [0.05, 0.1) is 23.5 Å². The van der Waals surface area contributed by atoms with E-state index in [2.05, 4.69) is 15.6 Å². The zero-order valence-electron chi connectivity index (χ0n) is 13.6. The Morgan fingerprint density at radius 2 is 2.24 bits per heavy atom. The summed E-state index contributed by atoms with van der Waals surface area (Å²) in [6.45, 7) is 0.780. The molecule has 2 amide bonds. The average molecular weight is 341 g/mol. The Morgan fingerprint density at radius 1 is 1.36 bits per heavy atom. The monoisotopic (exact) mass is 341 g/mol. The van der Waals surface area contributed by atoms with Gasteiger partial charge in [-0.1, -0.05) is 17.7 Å². The van der Waals surface area contributed by atoms with Crippen LogP contribution in [0, 0.1) is 11.3 Å². The molecule has 25 heavy (non-hydrogen) atoms. The van der Waals surface area contributed by atoms with Crippen molar-refractivity contribution >= 4 is 17.7 Å². The van der Waals surface area contributed by atoms with Gasteiger partial charge in [0.2, 0.25) is 0 Å². The van der Waals surface area contributed by atoms with Crippen LogP contribution in [0.3, 0.4) is 0 Å². The number of fused-ring (bicyclic) bond motifs is 1. The van der Waals surface area contributed by atoms with Crippen LogP contribution in [0.2, 0.25) is 0 Å². The summed E-state index contributed by atoms with van der Waals surface area (Å²) < 4.78 is 1.61. The van der Waals surface area contributed by atoms with Crippen molar-refractivity contribution in [2.24, 2.45) is 11.3 Å². The summed E-state index contributed by atoms with van der Waals surface area (Å²) >= 11 is 0. The smallest absolute Gasteiger partial charge is 0.321 e. The maximum absolute atomic E-state index is 12.6. The van der Waals surface area contributed by atoms with E-state index in [1.165, 1.54) is 0 Å². The van der Waals surface area contributed by atoms with Crippen LogP contribution in [-0.4, -0.2) is 50.1 Å². The Kier molecular flexibility index (Phi) is 3.67. The third kappa shape index (κ3) is 2.63. The van der Waals surface area contributed by atoms with E-state index in [4.69, 9.17) is 0 Å². The molecule has 2 atom stereocenters. The molecule has 2 fully saturated rings. The van der Waals surface area contributed by atoms with Crippen LogP contribution in [-0.2, 0) is 4.79 Å². The Balaban J connectivity index is 1.48. The van der Waals surface area contributed by atoms with Gasteiger partial charge < -0.3 is 15.3 Å². The molecule has 1 aromatic heterocycles. The highest BCUT2D eigenvalue weighted by atomic mass is 16.4. The van der Waals surface area contributed by atoms with Gasteiger partial charge in [-0.3, -0.25) is 4.79 Å². The molecule has 0 bridgehead atoms. The second-order valence-corrected chi connectivity index (χ2v) is 6.76. The number of carboxylic acids is 1. The Hall–Kier alpha value is -2.90. The first-order valence-corrected chi connectivity index (χ1v) is 8.34. The quantitative estimate of drug-likeness (QED) is 0.889. The van der Waals surface area contributed by atoms with Crippen LogP contribution in [0.5, 0.6) is 0 Å². The first-order valence-electron chi connectivity index (χ1n) is 8.34. The molecule has 0 radical (unpaired) electrons. The molecule has 1 saturated carbocycles. The summed E-state index contributed by atoms with van der Waals surface area (Å²) in [5.74, 6) is -0.726. The number of carbonyl (C=O) groups is 2. The number of rotatable bonds is 3. The van der Waals surface area contributed by atoms with E-state index in [9.17, 15) is 14.7 Å². The molecule has 1 aromatic carbocycles. The van der Waals surface area contributed by atoms with Gasteiger partial charge >= 0.3 is 12.0 Å². The van der Waals surface area contributed by atoms with Gasteiger partial charge in [0.15, 0.2) is 0 Å². The lowest BCUT2D eigenvalue weighted by atomic mass is 9.81. The molecule has 130 valence electrons. The van der Waals surface area contributed by atoms with Crippen LogP contribution < -0.4 is 5.32 Å². The van der Waals surface area contributed by atoms with Gasteiger partial charge in [-0.25, -0.2) is 9.48 Å². The van der Waals surface area contributed by atoms with Crippen molar-refractivity contribution in [2.45, 2.75) is 19.3 Å². The molecule has 1 aliphatic heterocycles. The fourth-order valence-electron chi connectivity index (χ4n) is 4.07. The summed E-state index contributed by atoms with van der Waals surface area (Å²) in [6, 6.07) is 7.03. The van der Waals surface area contributed by atoms with Crippen LogP contribution in [0.15, 0.2) is 36.7 Å². The zero-order valence-corrected chi connectivity index (χ0v) is 13.6. The lowest BCUT2D eigenvalue weighted by molar-refractivity contribution is -0.149. The minimum absolute atomic E-state index is 0.0530. The Bertz CT molecular complexity index is 806. The number of urea groups is 1. The van der Waals surface area contributed by atoms with E-state index in [-0.39, 0.29) is 18.5 Å². The third-order valence-corrected chi connectivity index (χ3v) is 5.37. The molecule has 1 aliphatic carbocycles. The number of nitrogens with one attached hydrogen (secondary N) is 1. The summed E-state index contributed by atoms with van der Waals surface area (Å²) in [5, 5.41) is 20.2. The van der Waals surface area contributed by atoms with Crippen molar-refractivity contribution in [3.63, 3.8) is 0 Å². The van der Waals surface area contributed by atoms with Crippen molar-refractivity contribution in [3.05, 3.63) is 36.7 Å². The number of aromatic nitrogens is 3. The van der Waals surface area contributed by atoms with E-state index in [1.54, 1.807) is 34.1 Å². The van der Waals surface area contributed by atoms with Crippen molar-refractivity contribution in [1.29, 1.82) is 0 Å². The van der Waals surface area contributed by atoms with E-state index in [1.807, 2.05) is 12.1 Å². The molecule has 8 heteroatoms. The number of anilines is 1. The van der Waals surface area contributed by atoms with Gasteiger partial charge in [-0.15, -0.1) is 5.10 Å². The van der Waals surface area contributed by atoms with Gasteiger partial charge in [-0.2, -0.15) is 0 Å². The number of carboxylic acid groups (broad SMARTS) is 1. The van der Waals surface area contributed by atoms with Crippen LogP contribution in [0.1, 0.15) is 19.3 Å². The Labute approximate surface area is 144 Å². The number of benzene rings is 1. The number of nitrogens with zero attached hydrogens (tertiary/aromatic N) is 4. The lowest BCUT2D eigenvalue weighted by Crippen LogP contribution is -2.38. The number of hydrogen-bond acceptors (Lipinski definition) is 4. The van der Waals surface area contributed by atoms with Gasteiger partial charge in [0.25, 0.3) is 0 Å². The standard InChI is InChI=1S/C17H19N5O3/c23-15(24)17-6-2-3-12(17)10-21(11-17)16(25)19-13-4-1-5-14(9-13)22-8-7-18-20-22/h1,4-5,7-9,12H,2-3,6,10-11H2,(H,19,25)(H,23,24)/t12-,17+/m0/s1. The van der Waals surface area contributed by atoms with Crippen LogP contribution in [0.25, 0.3) is 5.69 Å². The largest absolute Gasteiger partial charge is 0.481 e. The molecule has 8 nitrogen and oxygen atoms in total. The molecular weight excluding hydrogens is 322 g/mol. The highest BCUT2D eigenvalue weighted by Crippen LogP contribution is 2.48. The summed E-state index contributed by atoms with van der Waals surface area (Å²) in [6.07, 6.45) is 5.75. The number of amides is 2. The summed E-state index contributed by atoms with van der Waals surface area (Å²) in [4.78, 5) is 26.0. The molecule has 2 aliphatic rings. The molecule has 0 unspecified atom stereocenters. The summed E-state index contributed by atoms with van der Waals surface area (Å²) in [7, 11) is 0. The predicted molar refractivity (Wildman–Crippen MR) is 89.4 cm³/mol. The first kappa shape index (κ1) is 15.6. The topological polar surface area (TPSA) is 100 Å². The second-order valence-electron chi connectivity index (χ2n) is 6.76. The fourth-order valence-corrected chi connectivity index (χ4v) is 4.07. The van der Waals surface area contributed by atoms with Crippen LogP contribution >= 0.6 is 0 Å². The third-order valence-electron chi connectivity index (χ3n) is 5.37. The maximum atomic E-state index is 12.6. The highest BCUT2D eigenvalue weighted by molar-refractivity contribution is 5.91. The SMILES string of the molecule is O=C(Nc1cccc(-n2ccnn2)c1)N1C[C@@H]2CCC[C@@]2(C(=O)O)C1. The summed E-state index contributed by atoms with van der Waals surface area (Å²) in [5.41, 5.74) is 0.662. The molecular formula is C17H19N5O3. The number of aliphatic carboxylic acids is 1. The van der Waals surface area contributed by atoms with E-state index >= 15 is 0 Å². The van der Waals surface area contributed by atoms with Gasteiger partial charge in [0, 0.05) is 18.8 Å². The average Bonchev–Trinajstić information content (AvgIpc) is 3.30. The van der Waals surface area contributed by atoms with Gasteiger partial charge in [0.1, 0.15) is 0 Å². The maximum Gasteiger partial charge on any atom is 0.321 e. The zero-order chi connectivity index (χ0) is 17.4. The van der Waals surface area contributed by atoms with E-state index in [0.717, 1.165) is 18.5 Å². The van der Waals surface area contributed by atoms with Crippen molar-refractivity contribution < 1.29 is 14.7 Å². The van der Waals surface area contributed by atoms with Crippen molar-refractivity contribution in [1.82, 2.24) is 19.9 Å². The Morgan fingerprint density at radius 3 is 2.96 bits per heavy atom. The molecule has 2 heterocycles. The normalized spacial score (nSPS) is 25.0. The molecule has 2 N–H and O–H groups in total. The predicted octanol–water partition coefficient (Wildman–Crippen LogP) is 1.99. The number of carbonyl (C=O) groups excluding carboxylic acids is 1. The van der Waals surface area contributed by atoms with Crippen molar-refractivity contribution in [2.75, 3.05) is 18.4 Å². The number of hydrogen-bond donors (Lipinski definition) is 2. The lowest BCUT2D eigenvalue weighted by Gasteiger charge is -2.23.